The van der Waals surface area contributed by atoms with Crippen molar-refractivity contribution in [3.05, 3.63) is 34.0 Å². The molecule has 0 spiro atoms. The van der Waals surface area contributed by atoms with E-state index in [4.69, 9.17) is 0 Å². The number of halogens is 21. The molecule has 6 nitrogen and oxygen atoms in total. The van der Waals surface area contributed by atoms with E-state index in [1.165, 1.54) is 20.8 Å². The summed E-state index contributed by atoms with van der Waals surface area (Å²) in [5, 5.41) is 28.6. The molecule has 0 aromatic carbocycles. The summed E-state index contributed by atoms with van der Waals surface area (Å²) in [5.74, 6) is -50.5. The van der Waals surface area contributed by atoms with Crippen molar-refractivity contribution >= 4 is 17.3 Å². The third-order valence-electron chi connectivity index (χ3n) is 16.9. The van der Waals surface area contributed by atoms with Gasteiger partial charge in [-0.25, -0.2) is 0 Å². The van der Waals surface area contributed by atoms with E-state index in [0.29, 0.717) is 19.3 Å². The first-order chi connectivity index (χ1) is 30.1. The van der Waals surface area contributed by atoms with Crippen LogP contribution in [0.3, 0.4) is 0 Å². The molecule has 0 heterocycles. The molecule has 6 fully saturated rings. The Bertz CT molecular complexity index is 2020. The fourth-order valence-corrected chi connectivity index (χ4v) is 10.9. The van der Waals surface area contributed by atoms with Crippen molar-refractivity contribution < 1.29 is 163 Å². The van der Waals surface area contributed by atoms with Crippen LogP contribution in [-0.4, -0.2) is 86.7 Å². The number of fused-ring (bicyclic) bond motifs is 6. The summed E-state index contributed by atoms with van der Waals surface area (Å²) in [4.78, 5) is 36.9. The van der Waals surface area contributed by atoms with E-state index in [-0.39, 0.29) is 60.6 Å². The van der Waals surface area contributed by atoms with Gasteiger partial charge >= 0.3 is 54.1 Å². The second-order valence-corrected chi connectivity index (χ2v) is 20.6. The Morgan fingerprint density at radius 3 is 0.643 bits per heavy atom. The van der Waals surface area contributed by atoms with Gasteiger partial charge in [0.2, 0.25) is 0 Å². The Kier molecular flexibility index (Phi) is 15.0. The van der Waals surface area contributed by atoms with Gasteiger partial charge in [-0.15, -0.1) is 0 Å². The van der Waals surface area contributed by atoms with Gasteiger partial charge in [0, 0.05) is 74.3 Å². The molecule has 399 valence electrons. The summed E-state index contributed by atoms with van der Waals surface area (Å²) in [5.41, 5.74) is -9.29. The number of rotatable bonds is 6. The van der Waals surface area contributed by atoms with E-state index >= 15 is 0 Å². The predicted molar refractivity (Wildman–Crippen MR) is 196 cm³/mol. The maximum atomic E-state index is 13.7. The van der Waals surface area contributed by atoms with Gasteiger partial charge in [-0.2, -0.15) is 92.2 Å². The maximum Gasteiger partial charge on any atom is 0.460 e. The van der Waals surface area contributed by atoms with Crippen LogP contribution in [0.5, 0.6) is 0 Å². The van der Waals surface area contributed by atoms with Gasteiger partial charge in [-0.05, 0) is 72.5 Å². The number of carbonyl (C=O) groups excluding carboxylic acids is 3. The minimum Gasteiger partial charge on any atom is -0.506 e. The Morgan fingerprint density at radius 2 is 0.529 bits per heavy atom. The SMILES string of the molecule is CC1(C)[C@H]2CC[C@]1(C)C(=O)/C2=C(\O)C(F)(F)C(F)(F)C(F)(F)F.CC1(C)[C@H]2CC[C@]1(C)C(=O)/C2=C(\O)C(F)(F)C(F)(F)C(F)(F)F.CC1(C)[C@H]2CC[C@]1(C)C(=O)/C2=C(\O)C(F)(F)C(F)(F)C(F)(F)F.[Pr]. The first kappa shape index (κ1) is 61.8. The summed E-state index contributed by atoms with van der Waals surface area (Å²) in [6.45, 7) is 13.6. The van der Waals surface area contributed by atoms with Crippen LogP contribution in [0, 0.1) is 91.5 Å². The fourth-order valence-electron chi connectivity index (χ4n) is 10.9. The van der Waals surface area contributed by atoms with Crippen molar-refractivity contribution in [3.8, 4) is 0 Å². The molecule has 70 heavy (non-hydrogen) atoms. The zero-order valence-electron chi connectivity index (χ0n) is 38.1. The topological polar surface area (TPSA) is 112 Å². The van der Waals surface area contributed by atoms with Crippen molar-refractivity contribution in [1.82, 2.24) is 0 Å². The smallest absolute Gasteiger partial charge is 0.460 e. The molecule has 28 heteroatoms. The maximum absolute atomic E-state index is 13.7. The Balaban J connectivity index is 0.000000276. The molecule has 6 aliphatic rings. The van der Waals surface area contributed by atoms with Gasteiger partial charge in [0.1, 0.15) is 0 Å². The van der Waals surface area contributed by atoms with Crippen LogP contribution in [-0.2, 0) is 14.4 Å². The number of alkyl halides is 21. The second kappa shape index (κ2) is 17.0. The molecule has 0 aromatic heterocycles. The average molecular weight is 1190 g/mol. The Hall–Kier alpha value is -2.48. The molecule has 6 atom stereocenters. The van der Waals surface area contributed by atoms with E-state index in [1.54, 1.807) is 41.5 Å². The van der Waals surface area contributed by atoms with Gasteiger partial charge in [0.15, 0.2) is 34.6 Å². The Morgan fingerprint density at radius 1 is 0.371 bits per heavy atom. The number of allylic oxidation sites excluding steroid dienone is 6. The summed E-state index contributed by atoms with van der Waals surface area (Å²) in [6, 6.07) is 0. The molecule has 0 unspecified atom stereocenters. The number of carbonyl (C=O) groups is 3. The molecule has 6 bridgehead atoms. The van der Waals surface area contributed by atoms with E-state index in [9.17, 15) is 122 Å². The van der Waals surface area contributed by atoms with Gasteiger partial charge in [0.05, 0.1) is 0 Å². The van der Waals surface area contributed by atoms with E-state index < -0.39 is 156 Å². The predicted octanol–water partition coefficient (Wildman–Crippen LogP) is 14.0. The molecule has 6 aliphatic carbocycles. The molecule has 0 amide bonds. The van der Waals surface area contributed by atoms with Crippen LogP contribution in [0.25, 0.3) is 0 Å². The van der Waals surface area contributed by atoms with Crippen LogP contribution in [0.15, 0.2) is 34.0 Å². The zero-order valence-corrected chi connectivity index (χ0v) is 41.8. The standard InChI is InChI=1S/3C14H15F7O2.Pr/c3*1-10(2)6-4-5-11(10,3)8(22)7(6)9(23)12(15,16)13(17,18)14(19,20)21;/h3*6,23H,4-5H2,1-3H3;/b3*9-7-;/t3*6-,11+;/m000./s1. The van der Waals surface area contributed by atoms with Crippen LogP contribution in [0.1, 0.15) is 101 Å². The number of ketones is 3. The number of hydrogen-bond acceptors (Lipinski definition) is 6. The molecule has 0 aromatic rings. The fraction of sp³-hybridized carbons (Fsp3) is 0.786. The molecule has 0 saturated heterocycles. The van der Waals surface area contributed by atoms with Crippen molar-refractivity contribution in [2.45, 2.75) is 155 Å². The van der Waals surface area contributed by atoms with Gasteiger partial charge in [-0.1, -0.05) is 62.3 Å². The molecule has 3 N–H and O–H groups in total. The molecular weight excluding hydrogens is 1140 g/mol. The van der Waals surface area contributed by atoms with Crippen molar-refractivity contribution in [2.24, 2.45) is 50.2 Å². The zero-order chi connectivity index (χ0) is 54.7. The molecule has 0 aliphatic heterocycles. The third kappa shape index (κ3) is 7.84. The first-order valence-electron chi connectivity index (χ1n) is 20.5. The Labute approximate surface area is 417 Å². The second-order valence-electron chi connectivity index (χ2n) is 20.6. The number of aliphatic hydroxyl groups excluding tert-OH is 3. The molecule has 1 radical (unpaired) electrons. The summed E-state index contributed by atoms with van der Waals surface area (Å²) in [7, 11) is 0. The van der Waals surface area contributed by atoms with Crippen LogP contribution >= 0.6 is 0 Å². The van der Waals surface area contributed by atoms with Crippen molar-refractivity contribution in [1.29, 1.82) is 0 Å². The van der Waals surface area contributed by atoms with Gasteiger partial charge < -0.3 is 15.3 Å². The quantitative estimate of drug-likeness (QED) is 0.139. The molecule has 6 saturated carbocycles. The van der Waals surface area contributed by atoms with Crippen LogP contribution in [0.2, 0.25) is 0 Å². The van der Waals surface area contributed by atoms with Crippen LogP contribution < -0.4 is 0 Å². The summed E-state index contributed by atoms with van der Waals surface area (Å²) in [6.07, 6.45) is -18.3. The van der Waals surface area contributed by atoms with Crippen LogP contribution in [0.4, 0.5) is 92.2 Å². The largest absolute Gasteiger partial charge is 0.506 e. The monoisotopic (exact) mass is 1190 g/mol. The van der Waals surface area contributed by atoms with Gasteiger partial charge in [-0.3, -0.25) is 14.4 Å². The van der Waals surface area contributed by atoms with E-state index in [2.05, 4.69) is 0 Å². The number of aliphatic hydroxyl groups is 3. The minimum atomic E-state index is -6.56. The van der Waals surface area contributed by atoms with Crippen molar-refractivity contribution in [2.75, 3.05) is 0 Å². The minimum absolute atomic E-state index is 0. The van der Waals surface area contributed by atoms with E-state index in [0.717, 1.165) is 0 Å². The van der Waals surface area contributed by atoms with E-state index in [1.807, 2.05) is 0 Å². The summed E-state index contributed by atoms with van der Waals surface area (Å²) < 4.78 is 271. The normalized spacial score (nSPS) is 32.8. The average Bonchev–Trinajstić information content (AvgIpc) is 3.79. The number of hydrogen-bond donors (Lipinski definition) is 3. The first-order valence-corrected chi connectivity index (χ1v) is 20.5. The van der Waals surface area contributed by atoms with Crippen molar-refractivity contribution in [3.63, 3.8) is 0 Å². The van der Waals surface area contributed by atoms with Gasteiger partial charge in [0.25, 0.3) is 0 Å². The molecular formula is C42H45F21O6Pr. The summed E-state index contributed by atoms with van der Waals surface area (Å²) >= 11 is 0. The number of Topliss-reactive ketones (excluding diaryl/α,β-unsaturated/α-hetero) is 3. The molecule has 6 rings (SSSR count). The third-order valence-corrected chi connectivity index (χ3v) is 16.9.